The Labute approximate surface area is 118 Å². The fraction of sp³-hybridized carbons (Fsp3) is 0.647. The van der Waals surface area contributed by atoms with Crippen molar-refractivity contribution >= 4 is 5.69 Å². The van der Waals surface area contributed by atoms with Gasteiger partial charge >= 0.3 is 0 Å². The van der Waals surface area contributed by atoms with E-state index >= 15 is 0 Å². The topological polar surface area (TPSA) is 15.3 Å². The Kier molecular flexibility index (Phi) is 4.51. The number of benzene rings is 1. The minimum absolute atomic E-state index is 0.217. The van der Waals surface area contributed by atoms with Crippen LogP contribution in [0.25, 0.3) is 0 Å². The highest BCUT2D eigenvalue weighted by Gasteiger charge is 2.24. The zero-order valence-corrected chi connectivity index (χ0v) is 12.9. The summed E-state index contributed by atoms with van der Waals surface area (Å²) in [7, 11) is 0. The van der Waals surface area contributed by atoms with E-state index in [1.54, 1.807) is 0 Å². The lowest BCUT2D eigenvalue weighted by Crippen LogP contribution is -2.43. The van der Waals surface area contributed by atoms with Crippen LogP contribution < -0.4 is 10.2 Å². The summed E-state index contributed by atoms with van der Waals surface area (Å²) in [6.07, 6.45) is 2.51. The summed E-state index contributed by atoms with van der Waals surface area (Å²) in [5.74, 6) is 0. The van der Waals surface area contributed by atoms with Gasteiger partial charge < -0.3 is 10.2 Å². The fourth-order valence-electron chi connectivity index (χ4n) is 3.00. The first-order valence-corrected chi connectivity index (χ1v) is 7.60. The molecular formula is C17H28N2. The Bertz CT molecular complexity index is 398. The number of rotatable bonds is 3. The van der Waals surface area contributed by atoms with Crippen LogP contribution in [-0.2, 0) is 5.41 Å². The van der Waals surface area contributed by atoms with E-state index in [2.05, 4.69) is 62.2 Å². The predicted octanol–water partition coefficient (Wildman–Crippen LogP) is 3.56. The van der Waals surface area contributed by atoms with Crippen molar-refractivity contribution in [1.29, 1.82) is 0 Å². The number of para-hydroxylation sites is 1. The van der Waals surface area contributed by atoms with Crippen LogP contribution in [0, 0.1) is 0 Å². The minimum Gasteiger partial charge on any atom is -0.371 e. The van der Waals surface area contributed by atoms with Gasteiger partial charge in [-0.05, 0) is 36.4 Å². The molecule has 1 saturated heterocycles. The summed E-state index contributed by atoms with van der Waals surface area (Å²) in [6, 6.07) is 9.61. The molecule has 0 atom stereocenters. The van der Waals surface area contributed by atoms with Crippen molar-refractivity contribution in [2.45, 2.75) is 52.0 Å². The molecule has 2 nitrogen and oxygen atoms in total. The zero-order chi connectivity index (χ0) is 13.9. The standard InChI is InChI=1S/C17H28N2/c1-5-18-14-10-12-19(13-11-14)16-9-7-6-8-15(16)17(2,3)4/h6-9,14,18H,5,10-13H2,1-4H3. The maximum atomic E-state index is 3.57. The molecule has 0 radical (unpaired) electrons. The van der Waals surface area contributed by atoms with Crippen LogP contribution in [0.1, 0.15) is 46.1 Å². The summed E-state index contributed by atoms with van der Waals surface area (Å²) in [5.41, 5.74) is 3.12. The quantitative estimate of drug-likeness (QED) is 0.894. The van der Waals surface area contributed by atoms with Crippen LogP contribution in [0.3, 0.4) is 0 Å². The number of nitrogens with one attached hydrogen (secondary N) is 1. The van der Waals surface area contributed by atoms with E-state index in [-0.39, 0.29) is 5.41 Å². The van der Waals surface area contributed by atoms with Crippen LogP contribution in [0.2, 0.25) is 0 Å². The second-order valence-electron chi connectivity index (χ2n) is 6.59. The number of piperidine rings is 1. The molecule has 19 heavy (non-hydrogen) atoms. The number of nitrogens with zero attached hydrogens (tertiary/aromatic N) is 1. The molecule has 1 aromatic rings. The van der Waals surface area contributed by atoms with Crippen molar-refractivity contribution in [3.63, 3.8) is 0 Å². The summed E-state index contributed by atoms with van der Waals surface area (Å²) in [5, 5.41) is 3.57. The monoisotopic (exact) mass is 260 g/mol. The van der Waals surface area contributed by atoms with Crippen molar-refractivity contribution in [2.24, 2.45) is 0 Å². The lowest BCUT2D eigenvalue weighted by molar-refractivity contribution is 0.422. The molecule has 1 N–H and O–H groups in total. The van der Waals surface area contributed by atoms with Crippen molar-refractivity contribution in [3.8, 4) is 0 Å². The predicted molar refractivity (Wildman–Crippen MR) is 84.1 cm³/mol. The Hall–Kier alpha value is -1.02. The Balaban J connectivity index is 2.12. The largest absolute Gasteiger partial charge is 0.371 e. The second-order valence-corrected chi connectivity index (χ2v) is 6.59. The fourth-order valence-corrected chi connectivity index (χ4v) is 3.00. The van der Waals surface area contributed by atoms with E-state index in [9.17, 15) is 0 Å². The molecule has 1 heterocycles. The third kappa shape index (κ3) is 3.50. The third-order valence-corrected chi connectivity index (χ3v) is 4.04. The highest BCUT2D eigenvalue weighted by molar-refractivity contribution is 5.56. The average Bonchev–Trinajstić information content (AvgIpc) is 2.39. The van der Waals surface area contributed by atoms with Gasteiger partial charge in [0, 0.05) is 24.8 Å². The van der Waals surface area contributed by atoms with Gasteiger partial charge in [-0.25, -0.2) is 0 Å². The zero-order valence-electron chi connectivity index (χ0n) is 12.9. The van der Waals surface area contributed by atoms with Crippen LogP contribution in [0.4, 0.5) is 5.69 Å². The molecular weight excluding hydrogens is 232 g/mol. The lowest BCUT2D eigenvalue weighted by Gasteiger charge is -2.37. The Morgan fingerprint density at radius 1 is 1.16 bits per heavy atom. The van der Waals surface area contributed by atoms with Gasteiger partial charge in [-0.1, -0.05) is 45.9 Å². The summed E-state index contributed by atoms with van der Waals surface area (Å²) in [4.78, 5) is 2.56. The smallest absolute Gasteiger partial charge is 0.0404 e. The van der Waals surface area contributed by atoms with Gasteiger partial charge in [0.15, 0.2) is 0 Å². The molecule has 0 spiro atoms. The molecule has 0 bridgehead atoms. The van der Waals surface area contributed by atoms with Gasteiger partial charge in [-0.3, -0.25) is 0 Å². The van der Waals surface area contributed by atoms with Crippen molar-refractivity contribution in [1.82, 2.24) is 5.32 Å². The Morgan fingerprint density at radius 3 is 2.37 bits per heavy atom. The summed E-state index contributed by atoms with van der Waals surface area (Å²) in [6.45, 7) is 12.5. The van der Waals surface area contributed by atoms with Gasteiger partial charge in [-0.15, -0.1) is 0 Å². The van der Waals surface area contributed by atoms with Crippen molar-refractivity contribution in [2.75, 3.05) is 24.5 Å². The first kappa shape index (κ1) is 14.4. The van der Waals surface area contributed by atoms with Gasteiger partial charge in [-0.2, -0.15) is 0 Å². The van der Waals surface area contributed by atoms with E-state index in [0.717, 1.165) is 6.54 Å². The molecule has 2 heteroatoms. The molecule has 1 aromatic carbocycles. The van der Waals surface area contributed by atoms with Crippen LogP contribution in [-0.4, -0.2) is 25.7 Å². The molecule has 0 amide bonds. The van der Waals surface area contributed by atoms with Crippen LogP contribution in [0.15, 0.2) is 24.3 Å². The minimum atomic E-state index is 0.217. The molecule has 0 saturated carbocycles. The van der Waals surface area contributed by atoms with E-state index in [1.165, 1.54) is 37.2 Å². The normalized spacial score (nSPS) is 17.8. The van der Waals surface area contributed by atoms with E-state index in [4.69, 9.17) is 0 Å². The summed E-state index contributed by atoms with van der Waals surface area (Å²) >= 11 is 0. The third-order valence-electron chi connectivity index (χ3n) is 4.04. The average molecular weight is 260 g/mol. The van der Waals surface area contributed by atoms with E-state index in [0.29, 0.717) is 6.04 Å². The number of hydrogen-bond donors (Lipinski definition) is 1. The first-order valence-electron chi connectivity index (χ1n) is 7.60. The first-order chi connectivity index (χ1) is 9.02. The number of hydrogen-bond acceptors (Lipinski definition) is 2. The molecule has 1 aliphatic rings. The Morgan fingerprint density at radius 2 is 1.79 bits per heavy atom. The highest BCUT2D eigenvalue weighted by Crippen LogP contribution is 2.33. The summed E-state index contributed by atoms with van der Waals surface area (Å²) < 4.78 is 0. The maximum absolute atomic E-state index is 3.57. The molecule has 1 aliphatic heterocycles. The van der Waals surface area contributed by atoms with E-state index in [1.807, 2.05) is 0 Å². The SMILES string of the molecule is CCNC1CCN(c2ccccc2C(C)(C)C)CC1. The molecule has 0 aromatic heterocycles. The van der Waals surface area contributed by atoms with Crippen molar-refractivity contribution in [3.05, 3.63) is 29.8 Å². The van der Waals surface area contributed by atoms with Crippen LogP contribution in [0.5, 0.6) is 0 Å². The van der Waals surface area contributed by atoms with Gasteiger partial charge in [0.1, 0.15) is 0 Å². The molecule has 0 unspecified atom stereocenters. The second kappa shape index (κ2) is 5.96. The van der Waals surface area contributed by atoms with Crippen LogP contribution >= 0.6 is 0 Å². The molecule has 0 aliphatic carbocycles. The molecule has 2 rings (SSSR count). The van der Waals surface area contributed by atoms with Crippen molar-refractivity contribution < 1.29 is 0 Å². The molecule has 106 valence electrons. The molecule has 1 fully saturated rings. The maximum Gasteiger partial charge on any atom is 0.0404 e. The van der Waals surface area contributed by atoms with E-state index < -0.39 is 0 Å². The lowest BCUT2D eigenvalue weighted by atomic mass is 9.85. The van der Waals surface area contributed by atoms with Gasteiger partial charge in [0.25, 0.3) is 0 Å². The number of anilines is 1. The van der Waals surface area contributed by atoms with Gasteiger partial charge in [0.05, 0.1) is 0 Å². The highest BCUT2D eigenvalue weighted by atomic mass is 15.1. The van der Waals surface area contributed by atoms with Gasteiger partial charge in [0.2, 0.25) is 0 Å².